The number of aryl methyl sites for hydroxylation is 1. The normalized spacial score (nSPS) is 13.7. The fraction of sp³-hybridized carbons (Fsp3) is 0.278. The van der Waals surface area contributed by atoms with E-state index in [1.54, 1.807) is 42.8 Å². The van der Waals surface area contributed by atoms with Crippen molar-refractivity contribution in [2.45, 2.75) is 25.7 Å². The molecule has 1 aliphatic rings. The first-order valence-electron chi connectivity index (χ1n) is 8.22. The van der Waals surface area contributed by atoms with Crippen LogP contribution < -0.4 is 15.4 Å². The zero-order valence-electron chi connectivity index (χ0n) is 14.3. The summed E-state index contributed by atoms with van der Waals surface area (Å²) in [5.41, 5.74) is 3.28. The summed E-state index contributed by atoms with van der Waals surface area (Å²) in [7, 11) is 1.55. The number of thiazole rings is 1. The van der Waals surface area contributed by atoms with E-state index in [0.717, 1.165) is 33.8 Å². The zero-order chi connectivity index (χ0) is 18.3. The quantitative estimate of drug-likeness (QED) is 0.645. The molecule has 0 bridgehead atoms. The standard InChI is InChI=1S/C18H17ClN4O2S/c1-9-21-16-15(10-3-4-10)13(8-20-17(16)26-9)23-18(24)22-11-5-6-14(25-2)12(19)7-11/h5-8,10H,3-4H2,1-2H3,(H2,22,23,24). The minimum atomic E-state index is -0.346. The predicted molar refractivity (Wildman–Crippen MR) is 105 cm³/mol. The molecule has 0 saturated heterocycles. The van der Waals surface area contributed by atoms with Crippen molar-refractivity contribution in [2.75, 3.05) is 17.7 Å². The molecule has 26 heavy (non-hydrogen) atoms. The molecule has 2 amide bonds. The van der Waals surface area contributed by atoms with E-state index >= 15 is 0 Å². The summed E-state index contributed by atoms with van der Waals surface area (Å²) >= 11 is 7.67. The lowest BCUT2D eigenvalue weighted by atomic mass is 10.1. The van der Waals surface area contributed by atoms with Gasteiger partial charge in [0.1, 0.15) is 16.1 Å². The Bertz CT molecular complexity index is 1000. The number of nitrogens with zero attached hydrogens (tertiary/aromatic N) is 2. The number of amides is 2. The number of aromatic nitrogens is 2. The Kier molecular flexibility index (Phi) is 4.42. The number of rotatable bonds is 4. The third-order valence-electron chi connectivity index (χ3n) is 4.22. The van der Waals surface area contributed by atoms with Crippen LogP contribution >= 0.6 is 22.9 Å². The third-order valence-corrected chi connectivity index (χ3v) is 5.39. The van der Waals surface area contributed by atoms with E-state index in [2.05, 4.69) is 20.6 Å². The Morgan fingerprint density at radius 2 is 2.15 bits per heavy atom. The monoisotopic (exact) mass is 388 g/mol. The topological polar surface area (TPSA) is 76.1 Å². The molecule has 0 unspecified atom stereocenters. The smallest absolute Gasteiger partial charge is 0.323 e. The summed E-state index contributed by atoms with van der Waals surface area (Å²) in [6.07, 6.45) is 3.94. The molecule has 0 aliphatic heterocycles. The molecule has 134 valence electrons. The van der Waals surface area contributed by atoms with Gasteiger partial charge in [-0.15, -0.1) is 0 Å². The minimum Gasteiger partial charge on any atom is -0.495 e. The van der Waals surface area contributed by atoms with Crippen molar-refractivity contribution in [3.05, 3.63) is 40.0 Å². The number of ether oxygens (including phenoxy) is 1. The van der Waals surface area contributed by atoms with Crippen LogP contribution in [0.5, 0.6) is 5.75 Å². The summed E-state index contributed by atoms with van der Waals surface area (Å²) in [6.45, 7) is 1.97. The molecule has 1 aliphatic carbocycles. The Morgan fingerprint density at radius 1 is 1.35 bits per heavy atom. The second-order valence-electron chi connectivity index (χ2n) is 6.17. The molecule has 2 N–H and O–H groups in total. The van der Waals surface area contributed by atoms with Crippen LogP contribution in [0.4, 0.5) is 16.2 Å². The molecule has 1 aromatic carbocycles. The van der Waals surface area contributed by atoms with Crippen molar-refractivity contribution in [1.82, 2.24) is 9.97 Å². The number of carbonyl (C=O) groups is 1. The molecule has 6 nitrogen and oxygen atoms in total. The van der Waals surface area contributed by atoms with Crippen LogP contribution in [0.15, 0.2) is 24.4 Å². The van der Waals surface area contributed by atoms with Crippen LogP contribution in [0.3, 0.4) is 0 Å². The van der Waals surface area contributed by atoms with Crippen molar-refractivity contribution < 1.29 is 9.53 Å². The van der Waals surface area contributed by atoms with E-state index in [4.69, 9.17) is 16.3 Å². The second kappa shape index (κ2) is 6.74. The molecule has 2 aromatic heterocycles. The number of hydrogen-bond donors (Lipinski definition) is 2. The van der Waals surface area contributed by atoms with Gasteiger partial charge in [-0.1, -0.05) is 22.9 Å². The Hall–Kier alpha value is -2.38. The zero-order valence-corrected chi connectivity index (χ0v) is 15.9. The molecule has 1 fully saturated rings. The van der Waals surface area contributed by atoms with E-state index in [-0.39, 0.29) is 6.03 Å². The van der Waals surface area contributed by atoms with Gasteiger partial charge in [0.25, 0.3) is 0 Å². The van der Waals surface area contributed by atoms with Gasteiger partial charge in [0.2, 0.25) is 0 Å². The lowest BCUT2D eigenvalue weighted by Gasteiger charge is -2.12. The number of methoxy groups -OCH3 is 1. The highest BCUT2D eigenvalue weighted by Crippen LogP contribution is 2.46. The number of anilines is 2. The third kappa shape index (κ3) is 3.32. The molecule has 0 spiro atoms. The Morgan fingerprint density at radius 3 is 2.85 bits per heavy atom. The predicted octanol–water partition coefficient (Wildman–Crippen LogP) is 5.18. The number of halogens is 1. The van der Waals surface area contributed by atoms with Crippen LogP contribution in [0, 0.1) is 6.92 Å². The molecule has 3 aromatic rings. The molecule has 0 atom stereocenters. The van der Waals surface area contributed by atoms with Gasteiger partial charge >= 0.3 is 6.03 Å². The number of urea groups is 1. The lowest BCUT2D eigenvalue weighted by molar-refractivity contribution is 0.262. The van der Waals surface area contributed by atoms with Gasteiger partial charge in [-0.3, -0.25) is 0 Å². The maximum absolute atomic E-state index is 12.4. The number of nitrogens with one attached hydrogen (secondary N) is 2. The first-order chi connectivity index (χ1) is 12.5. The lowest BCUT2D eigenvalue weighted by Crippen LogP contribution is -2.20. The van der Waals surface area contributed by atoms with Gasteiger partial charge in [-0.25, -0.2) is 14.8 Å². The van der Waals surface area contributed by atoms with E-state index in [9.17, 15) is 4.79 Å². The van der Waals surface area contributed by atoms with E-state index < -0.39 is 0 Å². The van der Waals surface area contributed by atoms with Crippen molar-refractivity contribution in [2.24, 2.45) is 0 Å². The maximum Gasteiger partial charge on any atom is 0.323 e. The second-order valence-corrected chi connectivity index (χ2v) is 7.76. The number of benzene rings is 1. The highest BCUT2D eigenvalue weighted by molar-refractivity contribution is 7.18. The van der Waals surface area contributed by atoms with Gasteiger partial charge in [-0.2, -0.15) is 0 Å². The summed E-state index contributed by atoms with van der Waals surface area (Å²) in [5.74, 6) is 0.995. The van der Waals surface area contributed by atoms with Crippen LogP contribution in [0.25, 0.3) is 10.3 Å². The number of fused-ring (bicyclic) bond motifs is 1. The van der Waals surface area contributed by atoms with Crippen molar-refractivity contribution in [3.8, 4) is 5.75 Å². The summed E-state index contributed by atoms with van der Waals surface area (Å²) in [5, 5.41) is 7.11. The molecular weight excluding hydrogens is 372 g/mol. The Labute approximate surface area is 159 Å². The van der Waals surface area contributed by atoms with Crippen molar-refractivity contribution in [1.29, 1.82) is 0 Å². The van der Waals surface area contributed by atoms with Crippen LogP contribution in [-0.2, 0) is 0 Å². The summed E-state index contributed by atoms with van der Waals surface area (Å²) in [6, 6.07) is 4.74. The number of pyridine rings is 1. The largest absolute Gasteiger partial charge is 0.495 e. The summed E-state index contributed by atoms with van der Waals surface area (Å²) < 4.78 is 5.12. The van der Waals surface area contributed by atoms with E-state index in [1.165, 1.54) is 0 Å². The van der Waals surface area contributed by atoms with Crippen LogP contribution in [0.1, 0.15) is 29.3 Å². The van der Waals surface area contributed by atoms with Crippen LogP contribution in [-0.4, -0.2) is 23.1 Å². The molecule has 8 heteroatoms. The first kappa shape index (κ1) is 17.1. The van der Waals surface area contributed by atoms with Crippen LogP contribution in [0.2, 0.25) is 5.02 Å². The Balaban J connectivity index is 1.58. The molecule has 1 saturated carbocycles. The molecular formula is C18H17ClN4O2S. The summed E-state index contributed by atoms with van der Waals surface area (Å²) in [4.78, 5) is 22.4. The number of carbonyl (C=O) groups excluding carboxylic acids is 1. The maximum atomic E-state index is 12.4. The van der Waals surface area contributed by atoms with Crippen molar-refractivity contribution in [3.63, 3.8) is 0 Å². The van der Waals surface area contributed by atoms with Gasteiger partial charge in [0.05, 0.1) is 29.0 Å². The average molecular weight is 389 g/mol. The van der Waals surface area contributed by atoms with E-state index in [0.29, 0.717) is 28.1 Å². The fourth-order valence-electron chi connectivity index (χ4n) is 2.91. The van der Waals surface area contributed by atoms with Gasteiger partial charge in [0, 0.05) is 11.3 Å². The highest BCUT2D eigenvalue weighted by atomic mass is 35.5. The molecule has 4 rings (SSSR count). The fourth-order valence-corrected chi connectivity index (χ4v) is 3.95. The minimum absolute atomic E-state index is 0.346. The SMILES string of the molecule is COc1ccc(NC(=O)Nc2cnc3sc(C)nc3c2C2CC2)cc1Cl. The molecule has 0 radical (unpaired) electrons. The van der Waals surface area contributed by atoms with Gasteiger partial charge in [-0.05, 0) is 43.9 Å². The number of hydrogen-bond acceptors (Lipinski definition) is 5. The first-order valence-corrected chi connectivity index (χ1v) is 9.42. The molecule has 2 heterocycles. The van der Waals surface area contributed by atoms with Crippen molar-refractivity contribution >= 4 is 50.7 Å². The van der Waals surface area contributed by atoms with Gasteiger partial charge < -0.3 is 15.4 Å². The average Bonchev–Trinajstić information content (AvgIpc) is 3.35. The van der Waals surface area contributed by atoms with E-state index in [1.807, 2.05) is 6.92 Å². The highest BCUT2D eigenvalue weighted by Gasteiger charge is 2.30. The van der Waals surface area contributed by atoms with Gasteiger partial charge in [0.15, 0.2) is 0 Å².